The third kappa shape index (κ3) is 12.9. The highest BCUT2D eigenvalue weighted by molar-refractivity contribution is 7.98. The van der Waals surface area contributed by atoms with Crippen LogP contribution in [0.5, 0.6) is 0 Å². The summed E-state index contributed by atoms with van der Waals surface area (Å²) in [6, 6.07) is 8.19. The van der Waals surface area contributed by atoms with Gasteiger partial charge in [-0.15, -0.1) is 0 Å². The maximum Gasteiger partial charge on any atom is 0.314 e. The van der Waals surface area contributed by atoms with Crippen LogP contribution in [-0.4, -0.2) is 38.6 Å². The van der Waals surface area contributed by atoms with E-state index < -0.39 is 0 Å². The molecule has 222 valence electrons. The Bertz CT molecular complexity index is 1220. The Hall–Kier alpha value is -3.20. The molecule has 0 atom stereocenters. The smallest absolute Gasteiger partial charge is 0.314 e. The Balaban J connectivity index is 1.46. The van der Waals surface area contributed by atoms with Crippen LogP contribution >= 0.6 is 11.8 Å². The molecule has 1 aromatic carbocycles. The molecule has 0 bridgehead atoms. The molecule has 0 radical (unpaired) electrons. The second-order valence-corrected chi connectivity index (χ2v) is 11.6. The van der Waals surface area contributed by atoms with Gasteiger partial charge in [0.25, 0.3) is 5.56 Å². The lowest BCUT2D eigenvalue weighted by Crippen LogP contribution is -2.38. The summed E-state index contributed by atoms with van der Waals surface area (Å²) in [5.74, 6) is 0.700. The van der Waals surface area contributed by atoms with Crippen LogP contribution in [0, 0.1) is 6.92 Å². The van der Waals surface area contributed by atoms with Gasteiger partial charge in [-0.2, -0.15) is 4.98 Å². The van der Waals surface area contributed by atoms with E-state index in [4.69, 9.17) is 0 Å². The molecule has 3 rings (SSSR count). The van der Waals surface area contributed by atoms with E-state index in [-0.39, 0.29) is 11.6 Å². The van der Waals surface area contributed by atoms with Crippen LogP contribution in [0.1, 0.15) is 93.4 Å². The van der Waals surface area contributed by atoms with Crippen molar-refractivity contribution in [2.75, 3.05) is 13.1 Å². The Morgan fingerprint density at radius 3 is 2.17 bits per heavy atom. The van der Waals surface area contributed by atoms with Crippen LogP contribution in [0.2, 0.25) is 0 Å². The molecule has 0 aliphatic heterocycles. The standard InChI is InChI=1S/C32H46N6O2S/c1-3-4-5-6-7-8-9-10-11-12-17-35-31(40)36-18-19-38-23-29(20-28-21-33-25-34-22-28)30(39)37-32(38)41-24-27-15-13-26(2)14-16-27/h13-16,21-23,25H,3-12,17-20,24H2,1-2H3,(H2,35,36,40). The van der Waals surface area contributed by atoms with Gasteiger partial charge < -0.3 is 15.2 Å². The average molecular weight is 579 g/mol. The molecule has 2 aromatic heterocycles. The third-order valence-corrected chi connectivity index (χ3v) is 8.04. The van der Waals surface area contributed by atoms with Gasteiger partial charge in [0.15, 0.2) is 5.16 Å². The number of rotatable bonds is 19. The van der Waals surface area contributed by atoms with Crippen molar-refractivity contribution >= 4 is 17.8 Å². The van der Waals surface area contributed by atoms with E-state index in [0.29, 0.717) is 42.5 Å². The first kappa shape index (κ1) is 32.3. The van der Waals surface area contributed by atoms with Gasteiger partial charge in [-0.25, -0.2) is 14.8 Å². The minimum absolute atomic E-state index is 0.162. The van der Waals surface area contributed by atoms with E-state index in [1.807, 2.05) is 10.8 Å². The van der Waals surface area contributed by atoms with E-state index in [9.17, 15) is 9.59 Å². The van der Waals surface area contributed by atoms with Gasteiger partial charge in [0.2, 0.25) is 0 Å². The maximum absolute atomic E-state index is 12.9. The van der Waals surface area contributed by atoms with E-state index in [2.05, 4.69) is 63.7 Å². The number of carbonyl (C=O) groups excluding carboxylic acids is 1. The summed E-state index contributed by atoms with van der Waals surface area (Å²) in [7, 11) is 0. The SMILES string of the molecule is CCCCCCCCCCCCNC(=O)NCCn1cc(Cc2cncnc2)c(=O)nc1SCc1ccc(C)cc1. The molecule has 3 aromatic rings. The van der Waals surface area contributed by atoms with Gasteiger partial charge in [0.1, 0.15) is 6.33 Å². The molecular weight excluding hydrogens is 532 g/mol. The fraction of sp³-hybridized carbons (Fsp3) is 0.531. The second-order valence-electron chi connectivity index (χ2n) is 10.6. The monoisotopic (exact) mass is 578 g/mol. The number of aromatic nitrogens is 4. The van der Waals surface area contributed by atoms with E-state index in [1.165, 1.54) is 75.0 Å². The predicted molar refractivity (Wildman–Crippen MR) is 167 cm³/mol. The van der Waals surface area contributed by atoms with Gasteiger partial charge in [0.05, 0.1) is 0 Å². The molecule has 8 nitrogen and oxygen atoms in total. The highest BCUT2D eigenvalue weighted by Crippen LogP contribution is 2.21. The zero-order valence-electron chi connectivity index (χ0n) is 24.7. The molecule has 0 unspecified atom stereocenters. The summed E-state index contributed by atoms with van der Waals surface area (Å²) >= 11 is 1.52. The van der Waals surface area contributed by atoms with Gasteiger partial charge in [-0.3, -0.25) is 4.79 Å². The number of thioether (sulfide) groups is 1. The molecule has 0 saturated heterocycles. The van der Waals surface area contributed by atoms with Crippen LogP contribution in [0.15, 0.2) is 59.1 Å². The molecular formula is C32H46N6O2S. The Kier molecular flexibility index (Phi) is 15.0. The lowest BCUT2D eigenvalue weighted by molar-refractivity contribution is 0.240. The van der Waals surface area contributed by atoms with E-state index >= 15 is 0 Å². The molecule has 0 spiro atoms. The fourth-order valence-corrected chi connectivity index (χ4v) is 5.50. The summed E-state index contributed by atoms with van der Waals surface area (Å²) in [6.45, 7) is 5.94. The van der Waals surface area contributed by atoms with E-state index in [1.54, 1.807) is 12.4 Å². The van der Waals surface area contributed by atoms with Crippen LogP contribution < -0.4 is 16.2 Å². The Morgan fingerprint density at radius 1 is 0.854 bits per heavy atom. The first-order valence-electron chi connectivity index (χ1n) is 15.1. The van der Waals surface area contributed by atoms with Crippen molar-refractivity contribution < 1.29 is 4.79 Å². The van der Waals surface area contributed by atoms with Crippen molar-refractivity contribution in [2.24, 2.45) is 0 Å². The molecule has 9 heteroatoms. The summed E-state index contributed by atoms with van der Waals surface area (Å²) in [5, 5.41) is 6.56. The molecule has 0 fully saturated rings. The number of benzene rings is 1. The minimum atomic E-state index is -0.251. The summed E-state index contributed by atoms with van der Waals surface area (Å²) in [4.78, 5) is 37.7. The molecule has 2 N–H and O–H groups in total. The molecule has 2 amide bonds. The number of aryl methyl sites for hydroxylation is 1. The summed E-state index contributed by atoms with van der Waals surface area (Å²) in [6.07, 6.45) is 19.9. The first-order chi connectivity index (χ1) is 20.0. The van der Waals surface area contributed by atoms with Crippen molar-refractivity contribution in [3.63, 3.8) is 0 Å². The number of nitrogens with zero attached hydrogens (tertiary/aromatic N) is 4. The van der Waals surface area contributed by atoms with Gasteiger partial charge >= 0.3 is 6.03 Å². The Morgan fingerprint density at radius 2 is 1.49 bits per heavy atom. The third-order valence-electron chi connectivity index (χ3n) is 6.98. The largest absolute Gasteiger partial charge is 0.338 e. The zero-order chi connectivity index (χ0) is 29.1. The van der Waals surface area contributed by atoms with Gasteiger partial charge in [-0.1, -0.05) is 106 Å². The maximum atomic E-state index is 12.9. The van der Waals surface area contributed by atoms with E-state index in [0.717, 1.165) is 24.0 Å². The van der Waals surface area contributed by atoms with Crippen LogP contribution in [0.25, 0.3) is 0 Å². The lowest BCUT2D eigenvalue weighted by Gasteiger charge is -2.15. The molecule has 2 heterocycles. The van der Waals surface area contributed by atoms with Gasteiger partial charge in [-0.05, 0) is 24.5 Å². The molecule has 0 aliphatic rings. The van der Waals surface area contributed by atoms with Gasteiger partial charge in [0, 0.05) is 56.0 Å². The van der Waals surface area contributed by atoms with Crippen LogP contribution in [0.3, 0.4) is 0 Å². The summed E-state index contributed by atoms with van der Waals surface area (Å²) < 4.78 is 1.96. The molecule has 0 saturated carbocycles. The quantitative estimate of drug-likeness (QED) is 0.0964. The minimum Gasteiger partial charge on any atom is -0.338 e. The molecule has 41 heavy (non-hydrogen) atoms. The number of carbonyl (C=O) groups is 1. The first-order valence-corrected chi connectivity index (χ1v) is 16.1. The van der Waals surface area contributed by atoms with Crippen molar-refractivity contribution in [3.8, 4) is 0 Å². The topological polar surface area (TPSA) is 102 Å². The number of urea groups is 1. The number of hydrogen-bond donors (Lipinski definition) is 2. The number of hydrogen-bond acceptors (Lipinski definition) is 6. The van der Waals surface area contributed by atoms with Crippen molar-refractivity contribution in [1.29, 1.82) is 0 Å². The molecule has 0 aliphatic carbocycles. The predicted octanol–water partition coefficient (Wildman–Crippen LogP) is 6.44. The average Bonchev–Trinajstić information content (AvgIpc) is 2.98. The zero-order valence-corrected chi connectivity index (χ0v) is 25.6. The number of nitrogens with one attached hydrogen (secondary N) is 2. The van der Waals surface area contributed by atoms with Crippen LogP contribution in [0.4, 0.5) is 4.79 Å². The summed E-state index contributed by atoms with van der Waals surface area (Å²) in [5.41, 5.74) is 3.54. The lowest BCUT2D eigenvalue weighted by atomic mass is 10.1. The second kappa shape index (κ2) is 19.0. The number of unbranched alkanes of at least 4 members (excludes halogenated alkanes) is 9. The van der Waals surface area contributed by atoms with Crippen LogP contribution in [-0.2, 0) is 18.7 Å². The fourth-order valence-electron chi connectivity index (χ4n) is 4.56. The number of amides is 2. The van der Waals surface area contributed by atoms with Crippen molar-refractivity contribution in [2.45, 2.75) is 102 Å². The van der Waals surface area contributed by atoms with Crippen molar-refractivity contribution in [1.82, 2.24) is 30.2 Å². The Labute approximate surface area is 249 Å². The normalized spacial score (nSPS) is 11.0. The highest BCUT2D eigenvalue weighted by atomic mass is 32.2. The van der Waals surface area contributed by atoms with Crippen molar-refractivity contribution in [3.05, 3.63) is 81.8 Å². The highest BCUT2D eigenvalue weighted by Gasteiger charge is 2.11.